The van der Waals surface area contributed by atoms with E-state index in [0.29, 0.717) is 17.5 Å². The van der Waals surface area contributed by atoms with Gasteiger partial charge in [0.25, 0.3) is 0 Å². The lowest BCUT2D eigenvalue weighted by atomic mass is 9.98. The predicted octanol–water partition coefficient (Wildman–Crippen LogP) is 3.09. The molecule has 2 aromatic rings. The third-order valence-electron chi connectivity index (χ3n) is 5.76. The van der Waals surface area contributed by atoms with Crippen LogP contribution in [-0.4, -0.2) is 24.0 Å². The van der Waals surface area contributed by atoms with Crippen LogP contribution in [0.5, 0.6) is 0 Å². The standard InChI is InChI=1S/C21H22FN3O2/c1-12-18(6-7-27-12)13-2-3-14(19(22)10-13)8-17(11-23)25-21(26)20-15-4-5-16(9-15)24-20/h2-3,6-7,10,15-17,20,24H,4-5,8-9H2,1H3,(H,25,26)/t15-,16+,17?,20-/m0/s1. The minimum Gasteiger partial charge on any atom is -0.469 e. The van der Waals surface area contributed by atoms with E-state index in [-0.39, 0.29) is 24.2 Å². The molecule has 1 saturated carbocycles. The van der Waals surface area contributed by atoms with Crippen molar-refractivity contribution in [1.82, 2.24) is 10.6 Å². The number of nitriles is 1. The van der Waals surface area contributed by atoms with E-state index in [1.54, 1.807) is 18.4 Å². The summed E-state index contributed by atoms with van der Waals surface area (Å²) in [5.41, 5.74) is 1.98. The van der Waals surface area contributed by atoms with Crippen LogP contribution in [0.15, 0.2) is 34.9 Å². The molecule has 1 aliphatic heterocycles. The Bertz CT molecular complexity index is 901. The average Bonchev–Trinajstić information content (AvgIpc) is 3.39. The maximum atomic E-state index is 14.6. The fourth-order valence-electron chi connectivity index (χ4n) is 4.33. The van der Waals surface area contributed by atoms with E-state index in [0.717, 1.165) is 36.1 Å². The van der Waals surface area contributed by atoms with Gasteiger partial charge >= 0.3 is 0 Å². The van der Waals surface area contributed by atoms with E-state index in [1.165, 1.54) is 6.07 Å². The van der Waals surface area contributed by atoms with Crippen molar-refractivity contribution >= 4 is 5.91 Å². The van der Waals surface area contributed by atoms with Gasteiger partial charge in [0.15, 0.2) is 0 Å². The molecule has 1 aromatic heterocycles. The predicted molar refractivity (Wildman–Crippen MR) is 98.1 cm³/mol. The molecule has 2 heterocycles. The Morgan fingerprint density at radius 2 is 2.30 bits per heavy atom. The number of benzene rings is 1. The second-order valence-corrected chi connectivity index (χ2v) is 7.51. The van der Waals surface area contributed by atoms with E-state index in [9.17, 15) is 14.4 Å². The van der Waals surface area contributed by atoms with Crippen molar-refractivity contribution in [3.05, 3.63) is 47.7 Å². The van der Waals surface area contributed by atoms with Crippen LogP contribution in [0.25, 0.3) is 11.1 Å². The molecule has 1 saturated heterocycles. The van der Waals surface area contributed by atoms with Crippen LogP contribution in [0.3, 0.4) is 0 Å². The highest BCUT2D eigenvalue weighted by Crippen LogP contribution is 2.35. The van der Waals surface area contributed by atoms with Crippen molar-refractivity contribution in [2.24, 2.45) is 5.92 Å². The second kappa shape index (κ2) is 7.16. The zero-order valence-electron chi connectivity index (χ0n) is 15.2. The Morgan fingerprint density at radius 3 is 2.89 bits per heavy atom. The molecule has 4 atom stereocenters. The van der Waals surface area contributed by atoms with Gasteiger partial charge in [-0.25, -0.2) is 4.39 Å². The summed E-state index contributed by atoms with van der Waals surface area (Å²) < 4.78 is 19.8. The SMILES string of the molecule is Cc1occc1-c1ccc(CC(C#N)NC(=O)[C@H]2N[C@@H]3CC[C@H]2C3)c(F)c1. The smallest absolute Gasteiger partial charge is 0.238 e. The van der Waals surface area contributed by atoms with Crippen LogP contribution in [0.2, 0.25) is 0 Å². The van der Waals surface area contributed by atoms with Crippen molar-refractivity contribution in [3.8, 4) is 17.2 Å². The monoisotopic (exact) mass is 367 g/mol. The van der Waals surface area contributed by atoms with Gasteiger partial charge in [-0.05, 0) is 55.4 Å². The van der Waals surface area contributed by atoms with Crippen molar-refractivity contribution in [1.29, 1.82) is 5.26 Å². The number of fused-ring (bicyclic) bond motifs is 2. The lowest BCUT2D eigenvalue weighted by Crippen LogP contribution is -2.50. The molecule has 27 heavy (non-hydrogen) atoms. The van der Waals surface area contributed by atoms with E-state index in [2.05, 4.69) is 16.7 Å². The van der Waals surface area contributed by atoms with E-state index in [4.69, 9.17) is 4.42 Å². The summed E-state index contributed by atoms with van der Waals surface area (Å²) >= 11 is 0. The number of amides is 1. The number of hydrogen-bond donors (Lipinski definition) is 2. The molecule has 0 radical (unpaired) electrons. The number of furan rings is 1. The number of hydrogen-bond acceptors (Lipinski definition) is 4. The van der Waals surface area contributed by atoms with Crippen LogP contribution in [0, 0.1) is 30.0 Å². The molecule has 2 fully saturated rings. The third-order valence-corrected chi connectivity index (χ3v) is 5.76. The molecule has 140 valence electrons. The molecule has 5 nitrogen and oxygen atoms in total. The number of aryl methyl sites for hydroxylation is 1. The van der Waals surface area contributed by atoms with E-state index < -0.39 is 6.04 Å². The first kappa shape index (κ1) is 17.7. The summed E-state index contributed by atoms with van der Waals surface area (Å²) in [4.78, 5) is 12.5. The van der Waals surface area contributed by atoms with Gasteiger partial charge in [-0.3, -0.25) is 4.79 Å². The van der Waals surface area contributed by atoms with Crippen molar-refractivity contribution in [3.63, 3.8) is 0 Å². The van der Waals surface area contributed by atoms with E-state index >= 15 is 0 Å². The van der Waals surface area contributed by atoms with Gasteiger partial charge in [0.1, 0.15) is 17.6 Å². The van der Waals surface area contributed by atoms with Crippen LogP contribution >= 0.6 is 0 Å². The quantitative estimate of drug-likeness (QED) is 0.851. The van der Waals surface area contributed by atoms with Crippen LogP contribution in [0.4, 0.5) is 4.39 Å². The summed E-state index contributed by atoms with van der Waals surface area (Å²) in [5, 5.41) is 15.5. The Kier molecular flexibility index (Phi) is 4.71. The van der Waals surface area contributed by atoms with Gasteiger partial charge in [0, 0.05) is 18.0 Å². The second-order valence-electron chi connectivity index (χ2n) is 7.51. The van der Waals surface area contributed by atoms with Gasteiger partial charge in [0.2, 0.25) is 5.91 Å². The van der Waals surface area contributed by atoms with Crippen molar-refractivity contribution < 1.29 is 13.6 Å². The molecule has 0 spiro atoms. The largest absolute Gasteiger partial charge is 0.469 e. The number of piperidine rings is 1. The zero-order valence-corrected chi connectivity index (χ0v) is 15.2. The third kappa shape index (κ3) is 3.47. The van der Waals surface area contributed by atoms with Crippen molar-refractivity contribution in [2.45, 2.75) is 50.7 Å². The van der Waals surface area contributed by atoms with Crippen LogP contribution < -0.4 is 10.6 Å². The molecule has 2 bridgehead atoms. The highest BCUT2D eigenvalue weighted by molar-refractivity contribution is 5.83. The van der Waals surface area contributed by atoms with Gasteiger partial charge in [-0.2, -0.15) is 5.26 Å². The molecule has 1 unspecified atom stereocenters. The molecule has 1 aliphatic carbocycles. The topological polar surface area (TPSA) is 78.1 Å². The number of rotatable bonds is 5. The highest BCUT2D eigenvalue weighted by Gasteiger charge is 2.43. The Balaban J connectivity index is 1.43. The molecular formula is C21H22FN3O2. The molecule has 6 heteroatoms. The lowest BCUT2D eigenvalue weighted by molar-refractivity contribution is -0.124. The molecule has 2 N–H and O–H groups in total. The summed E-state index contributed by atoms with van der Waals surface area (Å²) in [7, 11) is 0. The number of nitrogens with zero attached hydrogens (tertiary/aromatic N) is 1. The first-order valence-corrected chi connectivity index (χ1v) is 9.34. The summed E-state index contributed by atoms with van der Waals surface area (Å²) in [6.07, 6.45) is 4.90. The molecule has 4 rings (SSSR count). The minimum atomic E-state index is -0.755. The number of halogens is 1. The van der Waals surface area contributed by atoms with E-state index in [1.807, 2.05) is 13.0 Å². The van der Waals surface area contributed by atoms with Crippen molar-refractivity contribution in [2.75, 3.05) is 0 Å². The average molecular weight is 367 g/mol. The summed E-state index contributed by atoms with van der Waals surface area (Å²) in [6, 6.07) is 8.24. The Hall–Kier alpha value is -2.65. The summed E-state index contributed by atoms with van der Waals surface area (Å²) in [5.74, 6) is 0.534. The minimum absolute atomic E-state index is 0.138. The molecular weight excluding hydrogens is 345 g/mol. The van der Waals surface area contributed by atoms with Gasteiger partial charge in [-0.1, -0.05) is 12.1 Å². The Labute approximate surface area is 157 Å². The maximum Gasteiger partial charge on any atom is 0.238 e. The van der Waals surface area contributed by atoms with Gasteiger partial charge in [-0.15, -0.1) is 0 Å². The van der Waals surface area contributed by atoms with Crippen LogP contribution in [-0.2, 0) is 11.2 Å². The fourth-order valence-corrected chi connectivity index (χ4v) is 4.33. The zero-order chi connectivity index (χ0) is 19.0. The first-order chi connectivity index (χ1) is 13.0. The summed E-state index contributed by atoms with van der Waals surface area (Å²) in [6.45, 7) is 1.83. The number of nitrogens with one attached hydrogen (secondary N) is 2. The van der Waals surface area contributed by atoms with Crippen LogP contribution in [0.1, 0.15) is 30.6 Å². The van der Waals surface area contributed by atoms with Gasteiger partial charge in [0.05, 0.1) is 18.4 Å². The molecule has 1 aromatic carbocycles. The first-order valence-electron chi connectivity index (χ1n) is 9.34. The lowest BCUT2D eigenvalue weighted by Gasteiger charge is -2.23. The molecule has 2 aliphatic rings. The number of carbonyl (C=O) groups excluding carboxylic acids is 1. The highest BCUT2D eigenvalue weighted by atomic mass is 19.1. The molecule has 1 amide bonds. The van der Waals surface area contributed by atoms with Gasteiger partial charge < -0.3 is 15.1 Å². The maximum absolute atomic E-state index is 14.6. The number of carbonyl (C=O) groups is 1. The normalized spacial score (nSPS) is 24.6. The fraction of sp³-hybridized carbons (Fsp3) is 0.429. The Morgan fingerprint density at radius 1 is 1.44 bits per heavy atom.